The predicted octanol–water partition coefficient (Wildman–Crippen LogP) is 5.29. The Labute approximate surface area is 194 Å². The fraction of sp³-hybridized carbons (Fsp3) is 0.273. The normalized spacial score (nSPS) is 15.1. The third kappa shape index (κ3) is 6.02. The fourth-order valence-corrected chi connectivity index (χ4v) is 3.50. The molecule has 0 aliphatic carbocycles. The van der Waals surface area contributed by atoms with Gasteiger partial charge in [-0.1, -0.05) is 17.7 Å². The number of alkyl halides is 6. The number of aliphatic hydroxyl groups excluding tert-OH is 1. The summed E-state index contributed by atoms with van der Waals surface area (Å²) in [6.45, 7) is -1.13. The first kappa shape index (κ1) is 25.9. The minimum absolute atomic E-state index is 0.0596. The van der Waals surface area contributed by atoms with Crippen LogP contribution in [0.15, 0.2) is 60.9 Å². The van der Waals surface area contributed by atoms with Gasteiger partial charge in [0.25, 0.3) is 0 Å². The standard InChI is InChI=1S/C22H17ClF7N3O/c23-15-4-5-18(32-11-15)20(10-17-3-1-2-6-31-17,33-12-19(34)22(28,29)30)13-7-14(21(25,26)27)9-16(24)8-13/h1-9,11,19,33-34H,10,12H2/t19?,20-/m1/s1. The quantitative estimate of drug-likeness (QED) is 0.427. The van der Waals surface area contributed by atoms with Gasteiger partial charge in [0.2, 0.25) is 0 Å². The van der Waals surface area contributed by atoms with Crippen LogP contribution >= 0.6 is 11.6 Å². The first-order valence-corrected chi connectivity index (χ1v) is 10.1. The van der Waals surface area contributed by atoms with Gasteiger partial charge in [0.15, 0.2) is 6.10 Å². The van der Waals surface area contributed by atoms with Crippen LogP contribution in [0.25, 0.3) is 0 Å². The molecule has 1 unspecified atom stereocenters. The number of nitrogens with one attached hydrogen (secondary N) is 1. The third-order valence-electron chi connectivity index (χ3n) is 5.03. The number of hydrogen-bond donors (Lipinski definition) is 2. The van der Waals surface area contributed by atoms with Gasteiger partial charge in [0, 0.05) is 31.1 Å². The van der Waals surface area contributed by atoms with E-state index in [0.29, 0.717) is 6.07 Å². The van der Waals surface area contributed by atoms with Crippen LogP contribution in [-0.4, -0.2) is 33.9 Å². The van der Waals surface area contributed by atoms with E-state index in [4.69, 9.17) is 11.6 Å². The van der Waals surface area contributed by atoms with E-state index in [1.807, 2.05) is 0 Å². The second kappa shape index (κ2) is 9.85. The Hall–Kier alpha value is -2.76. The lowest BCUT2D eigenvalue weighted by atomic mass is 9.80. The van der Waals surface area contributed by atoms with Crippen molar-refractivity contribution in [2.45, 2.75) is 30.4 Å². The molecule has 182 valence electrons. The highest BCUT2D eigenvalue weighted by Crippen LogP contribution is 2.38. The summed E-state index contributed by atoms with van der Waals surface area (Å²) in [6.07, 6.45) is -10.6. The molecular formula is C22H17ClF7N3O. The number of halogens is 8. The maximum absolute atomic E-state index is 14.4. The number of aromatic nitrogens is 2. The van der Waals surface area contributed by atoms with Gasteiger partial charge >= 0.3 is 12.4 Å². The van der Waals surface area contributed by atoms with Crippen LogP contribution in [0.5, 0.6) is 0 Å². The van der Waals surface area contributed by atoms with Crippen molar-refractivity contribution in [1.29, 1.82) is 0 Å². The van der Waals surface area contributed by atoms with Crippen molar-refractivity contribution in [3.63, 3.8) is 0 Å². The van der Waals surface area contributed by atoms with Gasteiger partial charge in [-0.2, -0.15) is 26.3 Å². The van der Waals surface area contributed by atoms with Gasteiger partial charge < -0.3 is 5.11 Å². The number of rotatable bonds is 7. The lowest BCUT2D eigenvalue weighted by Crippen LogP contribution is -2.51. The molecule has 2 heterocycles. The summed E-state index contributed by atoms with van der Waals surface area (Å²) < 4.78 is 93.9. The molecule has 0 amide bonds. The molecule has 4 nitrogen and oxygen atoms in total. The maximum atomic E-state index is 14.4. The molecule has 12 heteroatoms. The summed E-state index contributed by atoms with van der Waals surface area (Å²) >= 11 is 5.87. The van der Waals surface area contributed by atoms with Gasteiger partial charge in [-0.05, 0) is 48.0 Å². The van der Waals surface area contributed by atoms with Gasteiger partial charge in [-0.3, -0.25) is 15.3 Å². The van der Waals surface area contributed by atoms with Crippen molar-refractivity contribution in [1.82, 2.24) is 15.3 Å². The Bertz CT molecular complexity index is 1110. The van der Waals surface area contributed by atoms with E-state index in [-0.39, 0.29) is 34.5 Å². The molecule has 34 heavy (non-hydrogen) atoms. The Morgan fingerprint density at radius 3 is 2.21 bits per heavy atom. The molecular weight excluding hydrogens is 491 g/mol. The Morgan fingerprint density at radius 1 is 0.941 bits per heavy atom. The van der Waals surface area contributed by atoms with Crippen molar-refractivity contribution in [3.8, 4) is 0 Å². The maximum Gasteiger partial charge on any atom is 0.416 e. The molecule has 2 atom stereocenters. The highest BCUT2D eigenvalue weighted by atomic mass is 35.5. The van der Waals surface area contributed by atoms with Crippen LogP contribution in [0.1, 0.15) is 22.5 Å². The van der Waals surface area contributed by atoms with E-state index < -0.39 is 41.9 Å². The fourth-order valence-electron chi connectivity index (χ4n) is 3.38. The summed E-state index contributed by atoms with van der Waals surface area (Å²) in [5.41, 5.74) is -3.47. The molecule has 0 aliphatic rings. The van der Waals surface area contributed by atoms with E-state index in [0.717, 1.165) is 12.3 Å². The molecule has 0 saturated heterocycles. The summed E-state index contributed by atoms with van der Waals surface area (Å²) in [6, 6.07) is 8.91. The lowest BCUT2D eigenvalue weighted by Gasteiger charge is -2.36. The average Bonchev–Trinajstić information content (AvgIpc) is 2.76. The first-order chi connectivity index (χ1) is 15.8. The molecule has 3 aromatic rings. The SMILES string of the molecule is OC(CN[C@](Cc1ccccn1)(c1cc(F)cc(C(F)(F)F)c1)c1ccc(Cl)cn1)C(F)(F)F. The Morgan fingerprint density at radius 2 is 1.65 bits per heavy atom. The number of hydrogen-bond acceptors (Lipinski definition) is 4. The van der Waals surface area contributed by atoms with Crippen LogP contribution in [0.2, 0.25) is 5.02 Å². The number of pyridine rings is 2. The van der Waals surface area contributed by atoms with Crippen LogP contribution in [0.3, 0.4) is 0 Å². The average molecular weight is 508 g/mol. The van der Waals surface area contributed by atoms with E-state index in [2.05, 4.69) is 15.3 Å². The van der Waals surface area contributed by atoms with E-state index in [1.165, 1.54) is 24.4 Å². The topological polar surface area (TPSA) is 58.0 Å². The van der Waals surface area contributed by atoms with Crippen molar-refractivity contribution in [2.24, 2.45) is 0 Å². The molecule has 1 aromatic carbocycles. The molecule has 0 aliphatic heterocycles. The zero-order valence-corrected chi connectivity index (χ0v) is 17.9. The van der Waals surface area contributed by atoms with Gasteiger partial charge in [0.1, 0.15) is 5.82 Å². The molecule has 2 aromatic heterocycles. The molecule has 0 spiro atoms. The smallest absolute Gasteiger partial charge is 0.382 e. The van der Waals surface area contributed by atoms with E-state index in [9.17, 15) is 35.8 Å². The van der Waals surface area contributed by atoms with Crippen LogP contribution in [0, 0.1) is 5.82 Å². The second-order valence-electron chi connectivity index (χ2n) is 7.43. The molecule has 0 saturated carbocycles. The minimum Gasteiger partial charge on any atom is -0.382 e. The number of aliphatic hydroxyl groups is 1. The van der Waals surface area contributed by atoms with Gasteiger partial charge in [-0.15, -0.1) is 0 Å². The van der Waals surface area contributed by atoms with Crippen molar-refractivity contribution in [2.75, 3.05) is 6.54 Å². The van der Waals surface area contributed by atoms with Crippen LogP contribution in [-0.2, 0) is 18.1 Å². The molecule has 2 N–H and O–H groups in total. The minimum atomic E-state index is -5.02. The highest BCUT2D eigenvalue weighted by molar-refractivity contribution is 6.30. The zero-order chi connectivity index (χ0) is 25.1. The summed E-state index contributed by atoms with van der Waals surface area (Å²) in [5.74, 6) is -1.26. The Kier molecular flexibility index (Phi) is 7.49. The largest absolute Gasteiger partial charge is 0.416 e. The second-order valence-corrected chi connectivity index (χ2v) is 7.87. The van der Waals surface area contributed by atoms with Crippen molar-refractivity contribution >= 4 is 11.6 Å². The van der Waals surface area contributed by atoms with Crippen LogP contribution < -0.4 is 5.32 Å². The number of nitrogens with zero attached hydrogens (tertiary/aromatic N) is 2. The summed E-state index contributed by atoms with van der Waals surface area (Å²) in [5, 5.41) is 12.2. The monoisotopic (exact) mass is 507 g/mol. The first-order valence-electron chi connectivity index (χ1n) is 9.71. The number of benzene rings is 1. The molecule has 3 rings (SSSR count). The lowest BCUT2D eigenvalue weighted by molar-refractivity contribution is -0.202. The van der Waals surface area contributed by atoms with Gasteiger partial charge in [-0.25, -0.2) is 4.39 Å². The summed E-state index contributed by atoms with van der Waals surface area (Å²) in [7, 11) is 0. The van der Waals surface area contributed by atoms with Crippen molar-refractivity contribution in [3.05, 3.63) is 94.3 Å². The van der Waals surface area contributed by atoms with E-state index in [1.54, 1.807) is 12.1 Å². The summed E-state index contributed by atoms with van der Waals surface area (Å²) in [4.78, 5) is 8.20. The molecule has 0 fully saturated rings. The Balaban J connectivity index is 2.26. The third-order valence-corrected chi connectivity index (χ3v) is 5.25. The van der Waals surface area contributed by atoms with Crippen LogP contribution in [0.4, 0.5) is 30.7 Å². The van der Waals surface area contributed by atoms with Crippen molar-refractivity contribution < 1.29 is 35.8 Å². The molecule has 0 bridgehead atoms. The predicted molar refractivity (Wildman–Crippen MR) is 109 cm³/mol. The zero-order valence-electron chi connectivity index (χ0n) is 17.1. The highest BCUT2D eigenvalue weighted by Gasteiger charge is 2.43. The van der Waals surface area contributed by atoms with Gasteiger partial charge in [0.05, 0.1) is 21.8 Å². The molecule has 0 radical (unpaired) electrons. The van der Waals surface area contributed by atoms with E-state index >= 15 is 0 Å².